The fraction of sp³-hybridized carbons (Fsp3) is 0.588. The number of morpholine rings is 1. The Morgan fingerprint density at radius 1 is 1.32 bits per heavy atom. The van der Waals surface area contributed by atoms with E-state index in [2.05, 4.69) is 19.2 Å². The Kier molecular flexibility index (Phi) is 5.35. The number of nitrogens with zero attached hydrogens (tertiary/aromatic N) is 1. The van der Waals surface area contributed by atoms with Crippen LogP contribution >= 0.6 is 11.6 Å². The summed E-state index contributed by atoms with van der Waals surface area (Å²) in [7, 11) is 0. The minimum absolute atomic E-state index is 0.0397. The van der Waals surface area contributed by atoms with Gasteiger partial charge in [-0.1, -0.05) is 43.6 Å². The lowest BCUT2D eigenvalue weighted by molar-refractivity contribution is -0.0545. The number of nitrogens with one attached hydrogen (secondary N) is 1. The molecule has 1 aromatic rings. The van der Waals surface area contributed by atoms with E-state index in [1.54, 1.807) is 0 Å². The maximum atomic E-state index is 12.4. The Bertz CT molecular complexity index is 523. The molecule has 4 nitrogen and oxygen atoms in total. The van der Waals surface area contributed by atoms with Gasteiger partial charge in [0.1, 0.15) is 0 Å². The molecule has 1 N–H and O–H groups in total. The molecule has 1 aromatic carbocycles. The second kappa shape index (κ2) is 6.88. The van der Waals surface area contributed by atoms with Gasteiger partial charge in [0, 0.05) is 30.1 Å². The maximum absolute atomic E-state index is 12.4. The Morgan fingerprint density at radius 2 is 1.91 bits per heavy atom. The number of urea groups is 1. The van der Waals surface area contributed by atoms with Crippen LogP contribution in [0.3, 0.4) is 0 Å². The summed E-state index contributed by atoms with van der Waals surface area (Å²) in [6, 6.07) is 7.73. The molecule has 1 aliphatic heterocycles. The third kappa shape index (κ3) is 4.14. The molecule has 22 heavy (non-hydrogen) atoms. The van der Waals surface area contributed by atoms with Crippen molar-refractivity contribution >= 4 is 17.6 Å². The van der Waals surface area contributed by atoms with E-state index in [9.17, 15) is 4.79 Å². The van der Waals surface area contributed by atoms with E-state index >= 15 is 0 Å². The molecule has 1 heterocycles. The Labute approximate surface area is 137 Å². The first kappa shape index (κ1) is 17.1. The fourth-order valence-electron chi connectivity index (χ4n) is 2.86. The van der Waals surface area contributed by atoms with Crippen molar-refractivity contribution in [1.82, 2.24) is 10.2 Å². The lowest BCUT2D eigenvalue weighted by Gasteiger charge is -2.36. The summed E-state index contributed by atoms with van der Waals surface area (Å²) >= 11 is 6.27. The minimum atomic E-state index is -0.225. The first-order valence-corrected chi connectivity index (χ1v) is 8.10. The molecule has 0 aromatic heterocycles. The van der Waals surface area contributed by atoms with Gasteiger partial charge in [-0.15, -0.1) is 0 Å². The number of amides is 2. The summed E-state index contributed by atoms with van der Waals surface area (Å²) in [5.41, 5.74) is 0.818. The van der Waals surface area contributed by atoms with Crippen molar-refractivity contribution in [3.05, 3.63) is 34.9 Å². The van der Waals surface area contributed by atoms with Crippen molar-refractivity contribution < 1.29 is 9.53 Å². The SMILES string of the molecule is CC1CN(C(=O)NCC(C)(C)c2ccccc2Cl)CC(C)O1. The maximum Gasteiger partial charge on any atom is 0.317 e. The van der Waals surface area contributed by atoms with Crippen molar-refractivity contribution in [1.29, 1.82) is 0 Å². The zero-order chi connectivity index (χ0) is 16.3. The summed E-state index contributed by atoms with van der Waals surface area (Å²) in [5, 5.41) is 3.76. The second-order valence-electron chi connectivity index (χ2n) is 6.68. The monoisotopic (exact) mass is 324 g/mol. The molecule has 0 radical (unpaired) electrons. The van der Waals surface area contributed by atoms with Crippen molar-refractivity contribution in [3.63, 3.8) is 0 Å². The standard InChI is InChI=1S/C17H25ClN2O2/c1-12-9-20(10-13(2)22-12)16(21)19-11-17(3,4)14-7-5-6-8-15(14)18/h5-8,12-13H,9-11H2,1-4H3,(H,19,21). The average Bonchev–Trinajstić information content (AvgIpc) is 2.44. The predicted octanol–water partition coefficient (Wildman–Crippen LogP) is 3.44. The quantitative estimate of drug-likeness (QED) is 0.925. The zero-order valence-electron chi connectivity index (χ0n) is 13.7. The van der Waals surface area contributed by atoms with Crippen molar-refractivity contribution in [2.75, 3.05) is 19.6 Å². The van der Waals surface area contributed by atoms with Gasteiger partial charge in [-0.25, -0.2) is 4.79 Å². The molecule has 0 saturated carbocycles. The molecule has 2 atom stereocenters. The average molecular weight is 325 g/mol. The lowest BCUT2D eigenvalue weighted by atomic mass is 9.84. The van der Waals surface area contributed by atoms with Gasteiger partial charge in [0.25, 0.3) is 0 Å². The third-order valence-electron chi connectivity index (χ3n) is 3.99. The van der Waals surface area contributed by atoms with Crippen LogP contribution in [0.2, 0.25) is 5.02 Å². The summed E-state index contributed by atoms with van der Waals surface area (Å²) in [6.45, 7) is 9.94. The van der Waals surface area contributed by atoms with Crippen LogP contribution in [0, 0.1) is 0 Å². The molecule has 122 valence electrons. The largest absolute Gasteiger partial charge is 0.372 e. The Balaban J connectivity index is 1.97. The molecule has 1 aliphatic rings. The van der Waals surface area contributed by atoms with E-state index in [0.29, 0.717) is 19.6 Å². The van der Waals surface area contributed by atoms with Gasteiger partial charge in [-0.3, -0.25) is 0 Å². The highest BCUT2D eigenvalue weighted by molar-refractivity contribution is 6.31. The third-order valence-corrected chi connectivity index (χ3v) is 4.32. The molecular weight excluding hydrogens is 300 g/mol. The van der Waals surface area contributed by atoms with Gasteiger partial charge in [-0.05, 0) is 25.5 Å². The molecule has 0 aliphatic carbocycles. The molecule has 2 unspecified atom stereocenters. The van der Waals surface area contributed by atoms with Gasteiger partial charge in [0.05, 0.1) is 12.2 Å². The molecule has 1 saturated heterocycles. The van der Waals surface area contributed by atoms with Gasteiger partial charge in [0.2, 0.25) is 0 Å². The number of hydrogen-bond acceptors (Lipinski definition) is 2. The van der Waals surface area contributed by atoms with Crippen LogP contribution in [-0.4, -0.2) is 42.8 Å². The van der Waals surface area contributed by atoms with E-state index in [1.165, 1.54) is 0 Å². The van der Waals surface area contributed by atoms with Gasteiger partial charge >= 0.3 is 6.03 Å². The normalized spacial score (nSPS) is 22.5. The molecule has 1 fully saturated rings. The number of carbonyl (C=O) groups is 1. The topological polar surface area (TPSA) is 41.6 Å². The number of hydrogen-bond donors (Lipinski definition) is 1. The van der Waals surface area contributed by atoms with Crippen LogP contribution in [0.5, 0.6) is 0 Å². The van der Waals surface area contributed by atoms with Crippen LogP contribution in [-0.2, 0) is 10.2 Å². The first-order valence-electron chi connectivity index (χ1n) is 7.73. The number of carbonyl (C=O) groups excluding carboxylic acids is 1. The van der Waals surface area contributed by atoms with Crippen LogP contribution in [0.15, 0.2) is 24.3 Å². The van der Waals surface area contributed by atoms with E-state index in [1.807, 2.05) is 43.0 Å². The fourth-order valence-corrected chi connectivity index (χ4v) is 3.25. The van der Waals surface area contributed by atoms with Gasteiger partial charge < -0.3 is 15.0 Å². The van der Waals surface area contributed by atoms with Crippen molar-refractivity contribution in [2.45, 2.75) is 45.3 Å². The van der Waals surface area contributed by atoms with E-state index in [0.717, 1.165) is 10.6 Å². The highest BCUT2D eigenvalue weighted by Gasteiger charge is 2.28. The van der Waals surface area contributed by atoms with E-state index in [-0.39, 0.29) is 23.7 Å². The first-order chi connectivity index (χ1) is 10.3. The number of benzene rings is 1. The Hall–Kier alpha value is -1.26. The second-order valence-corrected chi connectivity index (χ2v) is 7.09. The molecule has 2 rings (SSSR count). The van der Waals surface area contributed by atoms with Crippen LogP contribution in [0.25, 0.3) is 0 Å². The van der Waals surface area contributed by atoms with Crippen molar-refractivity contribution in [3.8, 4) is 0 Å². The van der Waals surface area contributed by atoms with Crippen LogP contribution in [0.1, 0.15) is 33.3 Å². The number of rotatable bonds is 3. The van der Waals surface area contributed by atoms with Gasteiger partial charge in [0.15, 0.2) is 0 Å². The minimum Gasteiger partial charge on any atom is -0.372 e. The van der Waals surface area contributed by atoms with Crippen LogP contribution < -0.4 is 5.32 Å². The summed E-state index contributed by atoms with van der Waals surface area (Å²) in [4.78, 5) is 14.2. The highest BCUT2D eigenvalue weighted by atomic mass is 35.5. The molecule has 0 spiro atoms. The van der Waals surface area contributed by atoms with Gasteiger partial charge in [-0.2, -0.15) is 0 Å². The molecule has 0 bridgehead atoms. The van der Waals surface area contributed by atoms with E-state index in [4.69, 9.17) is 16.3 Å². The summed E-state index contributed by atoms with van der Waals surface area (Å²) < 4.78 is 5.66. The summed E-state index contributed by atoms with van der Waals surface area (Å²) in [5.74, 6) is 0. The predicted molar refractivity (Wildman–Crippen MR) is 89.5 cm³/mol. The summed E-state index contributed by atoms with van der Waals surface area (Å²) in [6.07, 6.45) is 0.150. The zero-order valence-corrected chi connectivity index (χ0v) is 14.5. The highest BCUT2D eigenvalue weighted by Crippen LogP contribution is 2.29. The number of ether oxygens (including phenoxy) is 1. The molecular formula is C17H25ClN2O2. The lowest BCUT2D eigenvalue weighted by Crippen LogP contribution is -2.53. The smallest absolute Gasteiger partial charge is 0.317 e. The molecule has 2 amide bonds. The van der Waals surface area contributed by atoms with Crippen LogP contribution in [0.4, 0.5) is 4.79 Å². The number of halogens is 1. The van der Waals surface area contributed by atoms with Crippen molar-refractivity contribution in [2.24, 2.45) is 0 Å². The molecule has 5 heteroatoms. The van der Waals surface area contributed by atoms with E-state index < -0.39 is 0 Å². The Morgan fingerprint density at radius 3 is 2.50 bits per heavy atom.